The van der Waals surface area contributed by atoms with E-state index >= 15 is 0 Å². The summed E-state index contributed by atoms with van der Waals surface area (Å²) in [5.41, 5.74) is -0.690. The molecule has 88 valence electrons. The molecule has 0 fully saturated rings. The van der Waals surface area contributed by atoms with Crippen LogP contribution in [0, 0.1) is 0 Å². The molecule has 0 spiro atoms. The molecule has 0 aliphatic rings. The average molecular weight is 259 g/mol. The smallest absolute Gasteiger partial charge is 0.298 e. The Balaban J connectivity index is 2.92. The Kier molecular flexibility index (Phi) is 2.83. The number of carbonyl (C=O) groups excluding carboxylic acids is 1. The van der Waals surface area contributed by atoms with Crippen molar-refractivity contribution in [2.24, 2.45) is 0 Å². The molecule has 0 saturated heterocycles. The third-order valence-corrected chi connectivity index (χ3v) is 2.77. The maximum absolute atomic E-state index is 12.8. The molecule has 17 heavy (non-hydrogen) atoms. The van der Waals surface area contributed by atoms with Crippen molar-refractivity contribution in [3.8, 4) is 0 Å². The maximum atomic E-state index is 12.8. The molecule has 2 aromatic carbocycles. The number of fused-ring (bicyclic) bond motifs is 1. The lowest BCUT2D eigenvalue weighted by molar-refractivity contribution is -0.136. The predicted octanol–water partition coefficient (Wildman–Crippen LogP) is 4.32. The van der Waals surface area contributed by atoms with E-state index in [-0.39, 0.29) is 21.4 Å². The van der Waals surface area contributed by atoms with E-state index in [9.17, 15) is 18.0 Å². The normalized spacial score (nSPS) is 11.8. The van der Waals surface area contributed by atoms with Crippen LogP contribution < -0.4 is 0 Å². The summed E-state index contributed by atoms with van der Waals surface area (Å²) in [6.07, 6.45) is -4.02. The summed E-state index contributed by atoms with van der Waals surface area (Å²) in [6.45, 7) is 0. The fourth-order valence-corrected chi connectivity index (χ4v) is 2.02. The largest absolute Gasteiger partial charge is 0.418 e. The molecule has 0 saturated carbocycles. The van der Waals surface area contributed by atoms with E-state index in [1.807, 2.05) is 0 Å². The van der Waals surface area contributed by atoms with Crippen LogP contribution in [0.3, 0.4) is 0 Å². The average Bonchev–Trinajstić information content (AvgIpc) is 2.25. The van der Waals surface area contributed by atoms with Gasteiger partial charge in [-0.25, -0.2) is 0 Å². The Morgan fingerprint density at radius 2 is 1.76 bits per heavy atom. The summed E-state index contributed by atoms with van der Waals surface area (Å²) in [5, 5.41) is -0.179. The molecule has 0 aliphatic carbocycles. The minimum absolute atomic E-state index is 0.0606. The van der Waals surface area contributed by atoms with Crippen molar-refractivity contribution in [3.63, 3.8) is 0 Å². The van der Waals surface area contributed by atoms with Crippen molar-refractivity contribution in [1.82, 2.24) is 0 Å². The van der Waals surface area contributed by atoms with Crippen LogP contribution in [0.15, 0.2) is 30.3 Å². The molecule has 0 aliphatic heterocycles. The molecular weight excluding hydrogens is 253 g/mol. The van der Waals surface area contributed by atoms with Crippen molar-refractivity contribution in [3.05, 3.63) is 46.5 Å². The van der Waals surface area contributed by atoms with Crippen molar-refractivity contribution in [2.45, 2.75) is 6.18 Å². The Morgan fingerprint density at radius 3 is 2.35 bits per heavy atom. The highest BCUT2D eigenvalue weighted by atomic mass is 35.5. The molecule has 0 N–H and O–H groups in total. The molecule has 0 amide bonds. The summed E-state index contributed by atoms with van der Waals surface area (Å²) >= 11 is 5.58. The summed E-state index contributed by atoms with van der Waals surface area (Å²) in [6, 6.07) is 6.73. The highest BCUT2D eigenvalue weighted by molar-refractivity contribution is 6.32. The molecule has 5 heteroatoms. The van der Waals surface area contributed by atoms with Gasteiger partial charge in [0, 0.05) is 5.56 Å². The minimum atomic E-state index is -4.54. The summed E-state index contributed by atoms with van der Waals surface area (Å²) in [7, 11) is 0. The zero-order valence-corrected chi connectivity index (χ0v) is 9.14. The number of aldehydes is 1. The van der Waals surface area contributed by atoms with Crippen molar-refractivity contribution >= 4 is 28.7 Å². The van der Waals surface area contributed by atoms with E-state index in [0.717, 1.165) is 6.07 Å². The molecule has 0 unspecified atom stereocenters. The zero-order valence-electron chi connectivity index (χ0n) is 8.38. The lowest BCUT2D eigenvalue weighted by Crippen LogP contribution is -2.07. The standard InChI is InChI=1S/C12H6ClF3O/c13-10-5-4-8-7(6-17)2-1-3-9(8)11(10)12(14,15)16/h1-6H. The number of rotatable bonds is 1. The van der Waals surface area contributed by atoms with Crippen molar-refractivity contribution in [1.29, 1.82) is 0 Å². The van der Waals surface area contributed by atoms with Gasteiger partial charge in [-0.05, 0) is 16.8 Å². The Morgan fingerprint density at radius 1 is 1.06 bits per heavy atom. The summed E-state index contributed by atoms with van der Waals surface area (Å²) < 4.78 is 38.5. The van der Waals surface area contributed by atoms with Gasteiger partial charge in [0.15, 0.2) is 6.29 Å². The first-order chi connectivity index (χ1) is 7.95. The predicted molar refractivity (Wildman–Crippen MR) is 59.3 cm³/mol. The highest BCUT2D eigenvalue weighted by Gasteiger charge is 2.35. The van der Waals surface area contributed by atoms with E-state index in [0.29, 0.717) is 6.29 Å². The van der Waals surface area contributed by atoms with Gasteiger partial charge in [0.2, 0.25) is 0 Å². The number of carbonyl (C=O) groups is 1. The van der Waals surface area contributed by atoms with Gasteiger partial charge < -0.3 is 0 Å². The molecular formula is C12H6ClF3O. The van der Waals surface area contributed by atoms with Crippen LogP contribution in [0.25, 0.3) is 10.8 Å². The van der Waals surface area contributed by atoms with Gasteiger partial charge in [0.05, 0.1) is 10.6 Å². The quantitative estimate of drug-likeness (QED) is 0.696. The maximum Gasteiger partial charge on any atom is 0.418 e. The fourth-order valence-electron chi connectivity index (χ4n) is 1.75. The van der Waals surface area contributed by atoms with Gasteiger partial charge in [-0.2, -0.15) is 13.2 Å². The second kappa shape index (κ2) is 4.04. The molecule has 0 aromatic heterocycles. The Hall–Kier alpha value is -1.55. The van der Waals surface area contributed by atoms with Crippen LogP contribution in [-0.2, 0) is 6.18 Å². The van der Waals surface area contributed by atoms with Crippen LogP contribution in [0.5, 0.6) is 0 Å². The summed E-state index contributed by atoms with van der Waals surface area (Å²) in [4.78, 5) is 10.8. The third kappa shape index (κ3) is 2.00. The first-order valence-electron chi connectivity index (χ1n) is 4.69. The van der Waals surface area contributed by atoms with E-state index in [1.165, 1.54) is 24.3 Å². The van der Waals surface area contributed by atoms with Crippen LogP contribution in [0.1, 0.15) is 15.9 Å². The third-order valence-electron chi connectivity index (χ3n) is 2.45. The molecule has 0 heterocycles. The molecule has 0 bridgehead atoms. The zero-order chi connectivity index (χ0) is 12.6. The number of hydrogen-bond donors (Lipinski definition) is 0. The second-order valence-electron chi connectivity index (χ2n) is 3.48. The first-order valence-corrected chi connectivity index (χ1v) is 5.06. The Labute approximate surface area is 99.8 Å². The van der Waals surface area contributed by atoms with Gasteiger partial charge in [0.1, 0.15) is 0 Å². The molecule has 0 radical (unpaired) electrons. The van der Waals surface area contributed by atoms with Crippen LogP contribution in [0.2, 0.25) is 5.02 Å². The lowest BCUT2D eigenvalue weighted by Gasteiger charge is -2.13. The van der Waals surface area contributed by atoms with Gasteiger partial charge in [-0.15, -0.1) is 0 Å². The van der Waals surface area contributed by atoms with Crippen molar-refractivity contribution < 1.29 is 18.0 Å². The Bertz CT molecular complexity index is 590. The molecule has 0 atom stereocenters. The van der Waals surface area contributed by atoms with E-state index < -0.39 is 11.7 Å². The van der Waals surface area contributed by atoms with Crippen molar-refractivity contribution in [2.75, 3.05) is 0 Å². The molecule has 1 nitrogen and oxygen atoms in total. The second-order valence-corrected chi connectivity index (χ2v) is 3.89. The van der Waals surface area contributed by atoms with Gasteiger partial charge in [0.25, 0.3) is 0 Å². The molecule has 2 rings (SSSR count). The van der Waals surface area contributed by atoms with Crippen LogP contribution >= 0.6 is 11.6 Å². The van der Waals surface area contributed by atoms with Gasteiger partial charge >= 0.3 is 6.18 Å². The minimum Gasteiger partial charge on any atom is -0.298 e. The summed E-state index contributed by atoms with van der Waals surface area (Å²) in [5.74, 6) is 0. The molecule has 2 aromatic rings. The number of halogens is 4. The number of alkyl halides is 3. The fraction of sp³-hybridized carbons (Fsp3) is 0.0833. The van der Waals surface area contributed by atoms with Crippen LogP contribution in [-0.4, -0.2) is 6.29 Å². The van der Waals surface area contributed by atoms with E-state index in [2.05, 4.69) is 0 Å². The van der Waals surface area contributed by atoms with Gasteiger partial charge in [-0.3, -0.25) is 4.79 Å². The number of benzene rings is 2. The highest BCUT2D eigenvalue weighted by Crippen LogP contribution is 2.40. The number of hydrogen-bond acceptors (Lipinski definition) is 1. The topological polar surface area (TPSA) is 17.1 Å². The van der Waals surface area contributed by atoms with Gasteiger partial charge in [-0.1, -0.05) is 35.9 Å². The first kappa shape index (κ1) is 11.9. The van der Waals surface area contributed by atoms with E-state index in [1.54, 1.807) is 0 Å². The SMILES string of the molecule is O=Cc1cccc2c(C(F)(F)F)c(Cl)ccc12. The lowest BCUT2D eigenvalue weighted by atomic mass is 10.0. The van der Waals surface area contributed by atoms with E-state index in [4.69, 9.17) is 11.6 Å². The monoisotopic (exact) mass is 258 g/mol. The van der Waals surface area contributed by atoms with Crippen LogP contribution in [0.4, 0.5) is 13.2 Å².